The lowest BCUT2D eigenvalue weighted by atomic mass is 9.83. The minimum absolute atomic E-state index is 0.250. The SMILES string of the molecule is COCCCOc1cc(C[C@@H](C[C@H](N)[C@@H](O)CNCC(C)C)C(C)C)ccc1OC. The molecular formula is C24H44N2O4. The van der Waals surface area contributed by atoms with Crippen molar-refractivity contribution in [3.63, 3.8) is 0 Å². The number of rotatable bonds is 16. The molecule has 3 atom stereocenters. The molecule has 0 heterocycles. The van der Waals surface area contributed by atoms with Crippen LogP contribution in [0.3, 0.4) is 0 Å². The fraction of sp³-hybridized carbons (Fsp3) is 0.750. The van der Waals surface area contributed by atoms with Crippen molar-refractivity contribution < 1.29 is 19.3 Å². The van der Waals surface area contributed by atoms with Crippen molar-refractivity contribution in [2.75, 3.05) is 40.5 Å². The summed E-state index contributed by atoms with van der Waals surface area (Å²) in [6, 6.07) is 5.86. The Morgan fingerprint density at radius 2 is 1.77 bits per heavy atom. The average molecular weight is 425 g/mol. The largest absolute Gasteiger partial charge is 0.493 e. The lowest BCUT2D eigenvalue weighted by Crippen LogP contribution is -2.44. The van der Waals surface area contributed by atoms with Gasteiger partial charge >= 0.3 is 0 Å². The van der Waals surface area contributed by atoms with Gasteiger partial charge in [-0.1, -0.05) is 33.8 Å². The second-order valence-electron chi connectivity index (χ2n) is 8.91. The molecular weight excluding hydrogens is 380 g/mol. The molecule has 1 aromatic rings. The number of aliphatic hydroxyl groups is 1. The van der Waals surface area contributed by atoms with Crippen LogP contribution in [-0.2, 0) is 11.2 Å². The van der Waals surface area contributed by atoms with Crippen molar-refractivity contribution in [2.24, 2.45) is 23.5 Å². The highest BCUT2D eigenvalue weighted by molar-refractivity contribution is 5.43. The summed E-state index contributed by atoms with van der Waals surface area (Å²) in [5.74, 6) is 2.88. The van der Waals surface area contributed by atoms with Gasteiger partial charge in [0.05, 0.1) is 19.8 Å². The molecule has 0 aromatic heterocycles. The van der Waals surface area contributed by atoms with Crippen LogP contribution in [0.5, 0.6) is 11.5 Å². The Morgan fingerprint density at radius 1 is 1.03 bits per heavy atom. The lowest BCUT2D eigenvalue weighted by molar-refractivity contribution is 0.123. The van der Waals surface area contributed by atoms with Gasteiger partial charge in [-0.25, -0.2) is 0 Å². The molecule has 1 rings (SSSR count). The second kappa shape index (κ2) is 14.6. The standard InChI is InChI=1S/C24H44N2O4/c1-17(2)15-26-16-22(27)21(25)14-20(18(3)4)12-19-8-9-23(29-6)24(13-19)30-11-7-10-28-5/h8-9,13,17-18,20-22,26-27H,7,10-12,14-16,25H2,1-6H3/t20-,21-,22-/m0/s1. The van der Waals surface area contributed by atoms with Crippen LogP contribution in [0.2, 0.25) is 0 Å². The molecule has 6 heteroatoms. The van der Waals surface area contributed by atoms with Gasteiger partial charge in [0, 0.05) is 32.7 Å². The van der Waals surface area contributed by atoms with Crippen LogP contribution >= 0.6 is 0 Å². The number of nitrogens with two attached hydrogens (primary N) is 1. The summed E-state index contributed by atoms with van der Waals surface area (Å²) in [4.78, 5) is 0. The smallest absolute Gasteiger partial charge is 0.161 e. The second-order valence-corrected chi connectivity index (χ2v) is 8.91. The van der Waals surface area contributed by atoms with Crippen LogP contribution in [0.25, 0.3) is 0 Å². The third kappa shape index (κ3) is 10.1. The molecule has 0 bridgehead atoms. The molecule has 0 amide bonds. The van der Waals surface area contributed by atoms with Gasteiger partial charge in [0.15, 0.2) is 11.5 Å². The predicted molar refractivity (Wildman–Crippen MR) is 123 cm³/mol. The van der Waals surface area contributed by atoms with Crippen LogP contribution in [-0.4, -0.2) is 57.8 Å². The first-order valence-corrected chi connectivity index (χ1v) is 11.2. The number of hydrogen-bond acceptors (Lipinski definition) is 6. The zero-order chi connectivity index (χ0) is 22.5. The molecule has 0 aliphatic carbocycles. The molecule has 0 aliphatic rings. The Labute approximate surface area is 183 Å². The van der Waals surface area contributed by atoms with E-state index in [-0.39, 0.29) is 6.04 Å². The van der Waals surface area contributed by atoms with E-state index in [9.17, 15) is 5.11 Å². The van der Waals surface area contributed by atoms with Crippen molar-refractivity contribution in [2.45, 2.75) is 59.1 Å². The maximum atomic E-state index is 10.4. The molecule has 174 valence electrons. The minimum atomic E-state index is -0.541. The molecule has 0 spiro atoms. The predicted octanol–water partition coefficient (Wildman–Crippen LogP) is 3.25. The van der Waals surface area contributed by atoms with Crippen LogP contribution in [0.1, 0.15) is 46.1 Å². The van der Waals surface area contributed by atoms with E-state index in [1.807, 2.05) is 6.07 Å². The average Bonchev–Trinajstić information content (AvgIpc) is 2.70. The normalized spacial score (nSPS) is 14.7. The summed E-state index contributed by atoms with van der Waals surface area (Å²) >= 11 is 0. The van der Waals surface area contributed by atoms with Gasteiger partial charge in [-0.05, 0) is 54.8 Å². The maximum Gasteiger partial charge on any atom is 0.161 e. The summed E-state index contributed by atoms with van der Waals surface area (Å²) in [7, 11) is 3.34. The van der Waals surface area contributed by atoms with E-state index in [1.165, 1.54) is 5.56 Å². The van der Waals surface area contributed by atoms with Crippen molar-refractivity contribution in [1.29, 1.82) is 0 Å². The Balaban J connectivity index is 2.72. The van der Waals surface area contributed by atoms with Crippen molar-refractivity contribution in [3.05, 3.63) is 23.8 Å². The van der Waals surface area contributed by atoms with E-state index >= 15 is 0 Å². The fourth-order valence-corrected chi connectivity index (χ4v) is 3.42. The highest BCUT2D eigenvalue weighted by atomic mass is 16.5. The van der Waals surface area contributed by atoms with E-state index in [2.05, 4.69) is 45.1 Å². The first-order valence-electron chi connectivity index (χ1n) is 11.2. The van der Waals surface area contributed by atoms with Gasteiger partial charge in [0.25, 0.3) is 0 Å². The number of nitrogens with one attached hydrogen (secondary N) is 1. The zero-order valence-corrected chi connectivity index (χ0v) is 19.8. The summed E-state index contributed by atoms with van der Waals surface area (Å²) in [6.07, 6.45) is 1.95. The van der Waals surface area contributed by atoms with Gasteiger partial charge in [0.2, 0.25) is 0 Å². The van der Waals surface area contributed by atoms with Gasteiger partial charge in [0.1, 0.15) is 0 Å². The minimum Gasteiger partial charge on any atom is -0.493 e. The molecule has 0 fully saturated rings. The van der Waals surface area contributed by atoms with Crippen molar-refractivity contribution in [1.82, 2.24) is 5.32 Å². The molecule has 0 saturated heterocycles. The maximum absolute atomic E-state index is 10.4. The van der Waals surface area contributed by atoms with Crippen molar-refractivity contribution in [3.8, 4) is 11.5 Å². The zero-order valence-electron chi connectivity index (χ0n) is 19.8. The van der Waals surface area contributed by atoms with E-state index in [0.29, 0.717) is 37.5 Å². The van der Waals surface area contributed by atoms with E-state index in [0.717, 1.165) is 37.3 Å². The number of hydrogen-bond donors (Lipinski definition) is 3. The third-order valence-electron chi connectivity index (χ3n) is 5.39. The van der Waals surface area contributed by atoms with E-state index in [4.69, 9.17) is 19.9 Å². The number of benzene rings is 1. The van der Waals surface area contributed by atoms with Gasteiger partial charge < -0.3 is 30.4 Å². The van der Waals surface area contributed by atoms with Crippen LogP contribution in [0, 0.1) is 17.8 Å². The lowest BCUT2D eigenvalue weighted by Gasteiger charge is -2.27. The molecule has 0 unspecified atom stereocenters. The highest BCUT2D eigenvalue weighted by Gasteiger charge is 2.23. The number of aliphatic hydroxyl groups excluding tert-OH is 1. The number of methoxy groups -OCH3 is 2. The summed E-state index contributed by atoms with van der Waals surface area (Å²) in [5, 5.41) is 13.7. The Morgan fingerprint density at radius 3 is 2.37 bits per heavy atom. The molecule has 0 radical (unpaired) electrons. The van der Waals surface area contributed by atoms with E-state index < -0.39 is 6.10 Å². The van der Waals surface area contributed by atoms with Gasteiger partial charge in [-0.3, -0.25) is 0 Å². The topological polar surface area (TPSA) is 86.0 Å². The Bertz CT molecular complexity index is 580. The molecule has 0 saturated carbocycles. The van der Waals surface area contributed by atoms with Gasteiger partial charge in [-0.15, -0.1) is 0 Å². The Hall–Kier alpha value is -1.34. The van der Waals surface area contributed by atoms with Crippen LogP contribution in [0.15, 0.2) is 18.2 Å². The highest BCUT2D eigenvalue weighted by Crippen LogP contribution is 2.31. The van der Waals surface area contributed by atoms with Crippen molar-refractivity contribution >= 4 is 0 Å². The summed E-state index contributed by atoms with van der Waals surface area (Å²) < 4.78 is 16.4. The third-order valence-corrected chi connectivity index (χ3v) is 5.39. The first-order chi connectivity index (χ1) is 14.3. The van der Waals surface area contributed by atoms with E-state index in [1.54, 1.807) is 14.2 Å². The first kappa shape index (κ1) is 26.7. The molecule has 0 aliphatic heterocycles. The molecule has 30 heavy (non-hydrogen) atoms. The molecule has 4 N–H and O–H groups in total. The quantitative estimate of drug-likeness (QED) is 0.353. The van der Waals surface area contributed by atoms with Gasteiger partial charge in [-0.2, -0.15) is 0 Å². The summed E-state index contributed by atoms with van der Waals surface area (Å²) in [5.41, 5.74) is 7.54. The number of ether oxygens (including phenoxy) is 3. The summed E-state index contributed by atoms with van der Waals surface area (Å²) in [6.45, 7) is 11.4. The monoisotopic (exact) mass is 424 g/mol. The molecule has 1 aromatic carbocycles. The fourth-order valence-electron chi connectivity index (χ4n) is 3.42. The molecule has 6 nitrogen and oxygen atoms in total. The Kier molecular flexibility index (Phi) is 13.0. The van der Waals surface area contributed by atoms with Crippen LogP contribution < -0.4 is 20.5 Å². The van der Waals surface area contributed by atoms with Crippen LogP contribution in [0.4, 0.5) is 0 Å².